The third-order valence-electron chi connectivity index (χ3n) is 3.80. The van der Waals surface area contributed by atoms with Gasteiger partial charge < -0.3 is 10.1 Å². The summed E-state index contributed by atoms with van der Waals surface area (Å²) in [6.07, 6.45) is 1.69. The Balaban J connectivity index is 1.76. The monoisotopic (exact) mass is 394 g/mol. The van der Waals surface area contributed by atoms with Crippen molar-refractivity contribution in [3.8, 4) is 5.75 Å². The average Bonchev–Trinajstić information content (AvgIpc) is 3.41. The summed E-state index contributed by atoms with van der Waals surface area (Å²) in [6.45, 7) is 2.34. The zero-order valence-corrected chi connectivity index (χ0v) is 15.7. The van der Waals surface area contributed by atoms with Crippen LogP contribution in [0.2, 0.25) is 5.02 Å². The predicted molar refractivity (Wildman–Crippen MR) is 100 cm³/mol. The number of carbonyl (C=O) groups excluding carboxylic acids is 1. The minimum atomic E-state index is -3.61. The molecule has 8 heteroatoms. The van der Waals surface area contributed by atoms with Gasteiger partial charge in [-0.1, -0.05) is 17.7 Å². The summed E-state index contributed by atoms with van der Waals surface area (Å²) in [5, 5.41) is 3.09. The molecule has 138 valence electrons. The van der Waals surface area contributed by atoms with Crippen LogP contribution in [0, 0.1) is 0 Å². The molecule has 0 bridgehead atoms. The van der Waals surface area contributed by atoms with E-state index in [0.717, 1.165) is 12.8 Å². The molecule has 0 aromatic heterocycles. The lowest BCUT2D eigenvalue weighted by molar-refractivity contribution is 0.102. The molecule has 2 aromatic carbocycles. The maximum Gasteiger partial charge on any atom is 0.255 e. The van der Waals surface area contributed by atoms with Crippen LogP contribution >= 0.6 is 11.6 Å². The van der Waals surface area contributed by atoms with Crippen molar-refractivity contribution in [2.45, 2.75) is 30.7 Å². The molecule has 1 aliphatic rings. The highest BCUT2D eigenvalue weighted by Gasteiger charge is 2.28. The number of amides is 1. The van der Waals surface area contributed by atoms with Gasteiger partial charge in [0.25, 0.3) is 5.91 Å². The van der Waals surface area contributed by atoms with Gasteiger partial charge in [-0.3, -0.25) is 4.79 Å². The van der Waals surface area contributed by atoms with Crippen LogP contribution in [-0.2, 0) is 10.0 Å². The maximum atomic E-state index is 12.4. The Morgan fingerprint density at radius 1 is 1.23 bits per heavy atom. The molecule has 0 unspecified atom stereocenters. The number of halogens is 1. The normalized spacial score (nSPS) is 14.1. The molecule has 0 aliphatic heterocycles. The zero-order chi connectivity index (χ0) is 18.7. The first-order chi connectivity index (χ1) is 12.4. The maximum absolute atomic E-state index is 12.4. The van der Waals surface area contributed by atoms with Gasteiger partial charge in [-0.25, -0.2) is 13.1 Å². The van der Waals surface area contributed by atoms with Crippen molar-refractivity contribution in [2.75, 3.05) is 11.9 Å². The van der Waals surface area contributed by atoms with Crippen molar-refractivity contribution in [3.63, 3.8) is 0 Å². The van der Waals surface area contributed by atoms with E-state index in [9.17, 15) is 13.2 Å². The fourth-order valence-electron chi connectivity index (χ4n) is 2.35. The van der Waals surface area contributed by atoms with E-state index in [1.165, 1.54) is 12.1 Å². The van der Waals surface area contributed by atoms with Gasteiger partial charge in [0.2, 0.25) is 10.0 Å². The summed E-state index contributed by atoms with van der Waals surface area (Å²) >= 11 is 6.11. The summed E-state index contributed by atoms with van der Waals surface area (Å²) in [5.74, 6) is 0.111. The molecule has 0 atom stereocenters. The van der Waals surface area contributed by atoms with Crippen LogP contribution in [-0.4, -0.2) is 27.0 Å². The second-order valence-electron chi connectivity index (χ2n) is 5.96. The standard InChI is InChI=1S/C18H19ClN2O4S/c1-2-25-17-9-8-14(11-16(17)19)20-18(22)12-4-3-5-15(10-12)26(23,24)21-13-6-7-13/h3-5,8-11,13,21H,2,6-7H2,1H3,(H,20,22). The summed E-state index contributed by atoms with van der Waals surface area (Å²) in [7, 11) is -3.61. The van der Waals surface area contributed by atoms with Crippen LogP contribution in [0.15, 0.2) is 47.4 Å². The average molecular weight is 395 g/mol. The molecular weight excluding hydrogens is 376 g/mol. The lowest BCUT2D eigenvalue weighted by atomic mass is 10.2. The number of carbonyl (C=O) groups is 1. The molecule has 2 aromatic rings. The van der Waals surface area contributed by atoms with Gasteiger partial charge in [0.05, 0.1) is 16.5 Å². The van der Waals surface area contributed by atoms with Gasteiger partial charge >= 0.3 is 0 Å². The van der Waals surface area contributed by atoms with Gasteiger partial charge in [0.1, 0.15) is 5.75 Å². The van der Waals surface area contributed by atoms with E-state index >= 15 is 0 Å². The Kier molecular flexibility index (Phi) is 5.50. The van der Waals surface area contributed by atoms with Crippen LogP contribution in [0.25, 0.3) is 0 Å². The van der Waals surface area contributed by atoms with Crippen LogP contribution in [0.1, 0.15) is 30.1 Å². The van der Waals surface area contributed by atoms with Crippen molar-refractivity contribution in [1.82, 2.24) is 4.72 Å². The Morgan fingerprint density at radius 2 is 2.00 bits per heavy atom. The quantitative estimate of drug-likeness (QED) is 0.753. The van der Waals surface area contributed by atoms with E-state index in [4.69, 9.17) is 16.3 Å². The molecule has 0 spiro atoms. The van der Waals surface area contributed by atoms with Crippen LogP contribution < -0.4 is 14.8 Å². The summed E-state index contributed by atoms with van der Waals surface area (Å²) < 4.78 is 32.5. The predicted octanol–water partition coefficient (Wildman–Crippen LogP) is 3.43. The van der Waals surface area contributed by atoms with Gasteiger partial charge in [-0.05, 0) is 56.2 Å². The number of benzene rings is 2. The smallest absolute Gasteiger partial charge is 0.255 e. The Labute approximate surface area is 157 Å². The SMILES string of the molecule is CCOc1ccc(NC(=O)c2cccc(S(=O)(=O)NC3CC3)c2)cc1Cl. The Hall–Kier alpha value is -2.09. The third-order valence-corrected chi connectivity index (χ3v) is 5.61. The van der Waals surface area contributed by atoms with E-state index in [2.05, 4.69) is 10.0 Å². The molecule has 0 saturated heterocycles. The van der Waals surface area contributed by atoms with Crippen molar-refractivity contribution >= 4 is 33.2 Å². The second kappa shape index (κ2) is 7.65. The van der Waals surface area contributed by atoms with Crippen LogP contribution in [0.5, 0.6) is 5.75 Å². The number of rotatable bonds is 7. The first kappa shape index (κ1) is 18.7. The number of anilines is 1. The van der Waals surface area contributed by atoms with Gasteiger partial charge in [-0.2, -0.15) is 0 Å². The fourth-order valence-corrected chi connectivity index (χ4v) is 3.93. The second-order valence-corrected chi connectivity index (χ2v) is 8.08. The molecule has 6 nitrogen and oxygen atoms in total. The van der Waals surface area contributed by atoms with Gasteiger partial charge in [0.15, 0.2) is 0 Å². The minimum absolute atomic E-state index is 0.00322. The molecule has 1 saturated carbocycles. The zero-order valence-electron chi connectivity index (χ0n) is 14.2. The van der Waals surface area contributed by atoms with Crippen molar-refractivity contribution in [3.05, 3.63) is 53.1 Å². The molecule has 0 radical (unpaired) electrons. The van der Waals surface area contributed by atoms with Crippen molar-refractivity contribution in [2.24, 2.45) is 0 Å². The van der Waals surface area contributed by atoms with E-state index < -0.39 is 15.9 Å². The van der Waals surface area contributed by atoms with E-state index in [-0.39, 0.29) is 16.5 Å². The molecule has 3 rings (SSSR count). The van der Waals surface area contributed by atoms with E-state index in [1.807, 2.05) is 6.92 Å². The third kappa shape index (κ3) is 4.55. The number of nitrogens with one attached hydrogen (secondary N) is 2. The van der Waals surface area contributed by atoms with Gasteiger partial charge in [-0.15, -0.1) is 0 Å². The van der Waals surface area contributed by atoms with E-state index in [1.54, 1.807) is 30.3 Å². The van der Waals surface area contributed by atoms with Crippen LogP contribution in [0.3, 0.4) is 0 Å². The molecule has 26 heavy (non-hydrogen) atoms. The fraction of sp³-hybridized carbons (Fsp3) is 0.278. The molecule has 1 amide bonds. The van der Waals surface area contributed by atoms with Crippen molar-refractivity contribution < 1.29 is 17.9 Å². The summed E-state index contributed by atoms with van der Waals surface area (Å²) in [4.78, 5) is 12.5. The minimum Gasteiger partial charge on any atom is -0.492 e. The molecule has 0 heterocycles. The Morgan fingerprint density at radius 3 is 2.65 bits per heavy atom. The molecule has 2 N–H and O–H groups in total. The largest absolute Gasteiger partial charge is 0.492 e. The number of sulfonamides is 1. The molecular formula is C18H19ClN2O4S. The van der Waals surface area contributed by atoms with Gasteiger partial charge in [0, 0.05) is 17.3 Å². The van der Waals surface area contributed by atoms with Crippen molar-refractivity contribution in [1.29, 1.82) is 0 Å². The summed E-state index contributed by atoms with van der Waals surface area (Å²) in [5.41, 5.74) is 0.737. The topological polar surface area (TPSA) is 84.5 Å². The number of hydrogen-bond acceptors (Lipinski definition) is 4. The number of hydrogen-bond donors (Lipinski definition) is 2. The summed E-state index contributed by atoms with van der Waals surface area (Å²) in [6, 6.07) is 10.9. The molecule has 1 aliphatic carbocycles. The van der Waals surface area contributed by atoms with Crippen LogP contribution in [0.4, 0.5) is 5.69 Å². The lowest BCUT2D eigenvalue weighted by Crippen LogP contribution is -2.26. The highest BCUT2D eigenvalue weighted by atomic mass is 35.5. The first-order valence-electron chi connectivity index (χ1n) is 8.25. The Bertz CT molecular complexity index is 927. The van der Waals surface area contributed by atoms with E-state index in [0.29, 0.717) is 23.1 Å². The first-order valence-corrected chi connectivity index (χ1v) is 10.1. The lowest BCUT2D eigenvalue weighted by Gasteiger charge is -2.10. The molecule has 1 fully saturated rings. The number of ether oxygens (including phenoxy) is 1. The highest BCUT2D eigenvalue weighted by molar-refractivity contribution is 7.89. The highest BCUT2D eigenvalue weighted by Crippen LogP contribution is 2.28.